The van der Waals surface area contributed by atoms with Crippen LogP contribution in [-0.2, 0) is 0 Å². The Balaban J connectivity index is 2.64. The van der Waals surface area contributed by atoms with Crippen molar-refractivity contribution in [2.24, 2.45) is 0 Å². The summed E-state index contributed by atoms with van der Waals surface area (Å²) in [6.45, 7) is 8.24. The fourth-order valence-corrected chi connectivity index (χ4v) is 3.44. The van der Waals surface area contributed by atoms with Crippen LogP contribution >= 0.6 is 11.8 Å². The molecule has 0 bridgehead atoms. The van der Waals surface area contributed by atoms with Gasteiger partial charge in [0.15, 0.2) is 0 Å². The topological polar surface area (TPSA) is 64.1 Å². The molecular weight excluding hydrogens is 312 g/mol. The van der Waals surface area contributed by atoms with Gasteiger partial charge in [-0.3, -0.25) is 9.78 Å². The smallest absolute Gasteiger partial charge is 0.362 e. The molecule has 0 saturated carbocycles. The Bertz CT molecular complexity index is 793. The maximum absolute atomic E-state index is 12.3. The Labute approximate surface area is 139 Å². The van der Waals surface area contributed by atoms with Crippen LogP contribution in [0.5, 0.6) is 0 Å². The Kier molecular flexibility index (Phi) is 5.71. The third kappa shape index (κ3) is 3.88. The Morgan fingerprint density at radius 3 is 2.57 bits per heavy atom. The molecule has 0 aliphatic rings. The second kappa shape index (κ2) is 7.55. The van der Waals surface area contributed by atoms with Gasteiger partial charge in [-0.15, -0.1) is 4.73 Å². The summed E-state index contributed by atoms with van der Waals surface area (Å²) < 4.78 is 1.22. The molecule has 6 heteroatoms. The number of hydrogen-bond donors (Lipinski definition) is 1. The molecule has 0 spiro atoms. The number of nitrogens with zero attached hydrogens (tertiary/aromatic N) is 1. The van der Waals surface area contributed by atoms with E-state index in [0.29, 0.717) is 17.2 Å². The average molecular weight is 334 g/mol. The average Bonchev–Trinajstić information content (AvgIpc) is 2.48. The highest BCUT2D eigenvalue weighted by Crippen LogP contribution is 2.32. The number of H-pyrrole nitrogens is 1. The van der Waals surface area contributed by atoms with Gasteiger partial charge >= 0.3 is 5.69 Å². The van der Waals surface area contributed by atoms with Gasteiger partial charge in [0.05, 0.1) is 5.56 Å². The van der Waals surface area contributed by atoms with Crippen molar-refractivity contribution in [2.45, 2.75) is 50.0 Å². The maximum atomic E-state index is 12.3. The lowest BCUT2D eigenvalue weighted by atomic mass is 10.1. The molecule has 0 aliphatic carbocycles. The minimum absolute atomic E-state index is 0.0256. The van der Waals surface area contributed by atoms with E-state index in [1.807, 2.05) is 52.0 Å². The standard InChI is InChI=1S/C17H22N2O3S/c1-5-10-22-19-16(23-13-9-7-6-8-12(13)4)14(11(2)3)15(20)18-17(19)21/h6-9,11H,5,10H2,1-4H3,(H,18,20,21). The van der Waals surface area contributed by atoms with E-state index < -0.39 is 5.69 Å². The first-order valence-electron chi connectivity index (χ1n) is 7.71. The van der Waals surface area contributed by atoms with E-state index in [9.17, 15) is 9.59 Å². The van der Waals surface area contributed by atoms with E-state index in [0.717, 1.165) is 16.9 Å². The molecule has 0 amide bonds. The van der Waals surface area contributed by atoms with Crippen LogP contribution in [0.1, 0.15) is 44.2 Å². The first kappa shape index (κ1) is 17.4. The zero-order chi connectivity index (χ0) is 17.0. The van der Waals surface area contributed by atoms with Gasteiger partial charge in [-0.25, -0.2) is 4.79 Å². The van der Waals surface area contributed by atoms with Crippen LogP contribution in [0, 0.1) is 6.92 Å². The lowest BCUT2D eigenvalue weighted by Crippen LogP contribution is -2.38. The molecule has 124 valence electrons. The minimum atomic E-state index is -0.538. The van der Waals surface area contributed by atoms with Crippen LogP contribution in [0.25, 0.3) is 0 Å². The minimum Gasteiger partial charge on any atom is -0.408 e. The third-order valence-electron chi connectivity index (χ3n) is 3.37. The molecule has 2 aromatic rings. The number of benzene rings is 1. The predicted octanol–water partition coefficient (Wildman–Crippen LogP) is 2.96. The zero-order valence-corrected chi connectivity index (χ0v) is 14.7. The number of aryl methyl sites for hydroxylation is 1. The van der Waals surface area contributed by atoms with Gasteiger partial charge in [0.1, 0.15) is 11.6 Å². The molecule has 1 heterocycles. The molecule has 0 unspecified atom stereocenters. The quantitative estimate of drug-likeness (QED) is 0.825. The fourth-order valence-electron chi connectivity index (χ4n) is 2.19. The molecule has 1 N–H and O–H groups in total. The van der Waals surface area contributed by atoms with Crippen molar-refractivity contribution >= 4 is 11.8 Å². The van der Waals surface area contributed by atoms with E-state index in [1.165, 1.54) is 16.5 Å². The third-order valence-corrected chi connectivity index (χ3v) is 4.62. The first-order chi connectivity index (χ1) is 11.0. The predicted molar refractivity (Wildman–Crippen MR) is 92.5 cm³/mol. The van der Waals surface area contributed by atoms with Gasteiger partial charge in [0.2, 0.25) is 0 Å². The highest BCUT2D eigenvalue weighted by molar-refractivity contribution is 7.99. The van der Waals surface area contributed by atoms with E-state index >= 15 is 0 Å². The summed E-state index contributed by atoms with van der Waals surface area (Å²) in [6, 6.07) is 7.87. The molecule has 0 aliphatic heterocycles. The largest absolute Gasteiger partial charge is 0.408 e. The summed E-state index contributed by atoms with van der Waals surface area (Å²) in [5.74, 6) is -0.0256. The summed E-state index contributed by atoms with van der Waals surface area (Å²) in [4.78, 5) is 33.4. The Morgan fingerprint density at radius 1 is 1.26 bits per heavy atom. The van der Waals surface area contributed by atoms with Gasteiger partial charge in [-0.2, -0.15) is 0 Å². The SMILES string of the molecule is CCCOn1c(Sc2ccccc2C)c(C(C)C)c(=O)[nH]c1=O. The summed E-state index contributed by atoms with van der Waals surface area (Å²) in [7, 11) is 0. The van der Waals surface area contributed by atoms with E-state index in [4.69, 9.17) is 4.84 Å². The fraction of sp³-hybridized carbons (Fsp3) is 0.412. The highest BCUT2D eigenvalue weighted by Gasteiger charge is 2.20. The van der Waals surface area contributed by atoms with Crippen molar-refractivity contribution in [3.63, 3.8) is 0 Å². The number of aromatic amines is 1. The van der Waals surface area contributed by atoms with Crippen LogP contribution in [0.3, 0.4) is 0 Å². The Hall–Kier alpha value is -1.95. The molecule has 23 heavy (non-hydrogen) atoms. The summed E-state index contributed by atoms with van der Waals surface area (Å²) in [6.07, 6.45) is 0.775. The van der Waals surface area contributed by atoms with Crippen molar-refractivity contribution in [1.82, 2.24) is 9.71 Å². The van der Waals surface area contributed by atoms with Crippen LogP contribution in [0.15, 0.2) is 43.8 Å². The molecule has 2 rings (SSSR count). The second-order valence-electron chi connectivity index (χ2n) is 5.63. The lowest BCUT2D eigenvalue weighted by Gasteiger charge is -2.18. The Morgan fingerprint density at radius 2 is 1.96 bits per heavy atom. The molecule has 0 fully saturated rings. The second-order valence-corrected chi connectivity index (χ2v) is 6.66. The van der Waals surface area contributed by atoms with Crippen molar-refractivity contribution in [1.29, 1.82) is 0 Å². The summed E-state index contributed by atoms with van der Waals surface area (Å²) in [5.41, 5.74) is 0.761. The van der Waals surface area contributed by atoms with Gasteiger partial charge in [0, 0.05) is 4.90 Å². The normalized spacial score (nSPS) is 11.0. The van der Waals surface area contributed by atoms with Crippen molar-refractivity contribution in [3.8, 4) is 0 Å². The molecule has 0 atom stereocenters. The molecule has 0 radical (unpaired) electrons. The molecule has 1 aromatic heterocycles. The van der Waals surface area contributed by atoms with Crippen LogP contribution in [-0.4, -0.2) is 16.3 Å². The zero-order valence-electron chi connectivity index (χ0n) is 13.9. The van der Waals surface area contributed by atoms with E-state index in [1.54, 1.807) is 0 Å². The van der Waals surface area contributed by atoms with Crippen molar-refractivity contribution in [3.05, 3.63) is 56.2 Å². The van der Waals surface area contributed by atoms with Crippen LogP contribution in [0.4, 0.5) is 0 Å². The summed E-state index contributed by atoms with van der Waals surface area (Å²) in [5, 5.41) is 0.552. The maximum Gasteiger partial charge on any atom is 0.362 e. The highest BCUT2D eigenvalue weighted by atomic mass is 32.2. The number of aromatic nitrogens is 2. The van der Waals surface area contributed by atoms with Gasteiger partial charge in [-0.05, 0) is 30.9 Å². The van der Waals surface area contributed by atoms with Crippen LogP contribution in [0.2, 0.25) is 0 Å². The van der Waals surface area contributed by atoms with Crippen molar-refractivity contribution < 1.29 is 4.84 Å². The number of rotatable bonds is 6. The molecule has 5 nitrogen and oxygen atoms in total. The summed E-state index contributed by atoms with van der Waals surface area (Å²) >= 11 is 1.39. The molecule has 1 aromatic carbocycles. The van der Waals surface area contributed by atoms with Crippen LogP contribution < -0.4 is 16.1 Å². The van der Waals surface area contributed by atoms with E-state index in [-0.39, 0.29) is 11.5 Å². The molecular formula is C17H22N2O3S. The molecule has 0 saturated heterocycles. The van der Waals surface area contributed by atoms with Gasteiger partial charge in [0.25, 0.3) is 5.56 Å². The first-order valence-corrected chi connectivity index (χ1v) is 8.53. The van der Waals surface area contributed by atoms with Crippen molar-refractivity contribution in [2.75, 3.05) is 6.61 Å². The lowest BCUT2D eigenvalue weighted by molar-refractivity contribution is 0.0786. The number of hydrogen-bond acceptors (Lipinski definition) is 4. The van der Waals surface area contributed by atoms with E-state index in [2.05, 4.69) is 4.98 Å². The monoisotopic (exact) mass is 334 g/mol. The van der Waals surface area contributed by atoms with Gasteiger partial charge in [-0.1, -0.05) is 50.7 Å². The number of nitrogens with one attached hydrogen (secondary N) is 1. The van der Waals surface area contributed by atoms with Gasteiger partial charge < -0.3 is 4.84 Å².